The van der Waals surface area contributed by atoms with Crippen molar-refractivity contribution in [2.24, 2.45) is 0 Å². The summed E-state index contributed by atoms with van der Waals surface area (Å²) in [5.74, 6) is 1.23. The van der Waals surface area contributed by atoms with Crippen molar-refractivity contribution in [1.82, 2.24) is 19.9 Å². The second-order valence-corrected chi connectivity index (χ2v) is 7.70. The molecule has 1 aromatic heterocycles. The summed E-state index contributed by atoms with van der Waals surface area (Å²) in [7, 11) is 0. The molecule has 29 heavy (non-hydrogen) atoms. The van der Waals surface area contributed by atoms with Crippen molar-refractivity contribution in [1.29, 1.82) is 0 Å². The third-order valence-corrected chi connectivity index (χ3v) is 5.40. The number of benzene rings is 2. The lowest BCUT2D eigenvalue weighted by Crippen LogP contribution is -2.35. The molecule has 0 atom stereocenters. The molecule has 0 bridgehead atoms. The molecule has 0 aliphatic carbocycles. The number of amides is 1. The van der Waals surface area contributed by atoms with Crippen LogP contribution in [-0.2, 0) is 6.54 Å². The molecule has 1 amide bonds. The molecule has 1 aliphatic rings. The summed E-state index contributed by atoms with van der Waals surface area (Å²) in [5, 5.41) is 4.71. The van der Waals surface area contributed by atoms with Crippen LogP contribution in [0.25, 0.3) is 11.4 Å². The van der Waals surface area contributed by atoms with Crippen molar-refractivity contribution in [3.63, 3.8) is 0 Å². The van der Waals surface area contributed by atoms with Crippen LogP contribution in [-0.4, -0.2) is 52.0 Å². The van der Waals surface area contributed by atoms with Crippen LogP contribution in [0.4, 0.5) is 0 Å². The summed E-state index contributed by atoms with van der Waals surface area (Å²) >= 11 is 6.03. The van der Waals surface area contributed by atoms with E-state index in [4.69, 9.17) is 16.1 Å². The quantitative estimate of drug-likeness (QED) is 0.649. The van der Waals surface area contributed by atoms with E-state index in [9.17, 15) is 4.79 Å². The number of rotatable bonds is 4. The zero-order chi connectivity index (χ0) is 20.2. The first-order valence-electron chi connectivity index (χ1n) is 9.76. The Morgan fingerprint density at radius 3 is 2.79 bits per heavy atom. The molecule has 0 N–H and O–H groups in total. The maximum atomic E-state index is 12.8. The predicted molar refractivity (Wildman–Crippen MR) is 112 cm³/mol. The first-order chi connectivity index (χ1) is 14.1. The zero-order valence-corrected chi connectivity index (χ0v) is 17.1. The Morgan fingerprint density at radius 1 is 1.10 bits per heavy atom. The maximum Gasteiger partial charge on any atom is 0.253 e. The minimum Gasteiger partial charge on any atom is -0.338 e. The van der Waals surface area contributed by atoms with Gasteiger partial charge in [0.1, 0.15) is 0 Å². The molecule has 7 heteroatoms. The lowest BCUT2D eigenvalue weighted by Gasteiger charge is -2.21. The molecule has 0 spiro atoms. The number of aromatic nitrogens is 2. The van der Waals surface area contributed by atoms with Gasteiger partial charge in [-0.3, -0.25) is 9.69 Å². The lowest BCUT2D eigenvalue weighted by molar-refractivity contribution is 0.0760. The summed E-state index contributed by atoms with van der Waals surface area (Å²) in [6, 6.07) is 15.1. The van der Waals surface area contributed by atoms with Crippen LogP contribution in [0, 0.1) is 6.92 Å². The van der Waals surface area contributed by atoms with Gasteiger partial charge in [0, 0.05) is 42.3 Å². The predicted octanol–water partition coefficient (Wildman–Crippen LogP) is 4.05. The van der Waals surface area contributed by atoms with Crippen molar-refractivity contribution >= 4 is 17.5 Å². The third kappa shape index (κ3) is 4.66. The maximum absolute atomic E-state index is 12.8. The van der Waals surface area contributed by atoms with Gasteiger partial charge in [-0.05, 0) is 37.1 Å². The summed E-state index contributed by atoms with van der Waals surface area (Å²) in [6.45, 7) is 5.63. The minimum absolute atomic E-state index is 0.0222. The summed E-state index contributed by atoms with van der Waals surface area (Å²) in [4.78, 5) is 21.5. The first-order valence-corrected chi connectivity index (χ1v) is 10.1. The van der Waals surface area contributed by atoms with Crippen LogP contribution in [0.15, 0.2) is 53.1 Å². The zero-order valence-electron chi connectivity index (χ0n) is 16.3. The monoisotopic (exact) mass is 410 g/mol. The molecule has 3 aromatic rings. The van der Waals surface area contributed by atoms with Crippen molar-refractivity contribution < 1.29 is 9.32 Å². The fraction of sp³-hybridized carbons (Fsp3) is 0.318. The average molecular weight is 411 g/mol. The number of hydrogen-bond donors (Lipinski definition) is 0. The van der Waals surface area contributed by atoms with Crippen molar-refractivity contribution in [3.8, 4) is 11.4 Å². The fourth-order valence-corrected chi connectivity index (χ4v) is 3.77. The van der Waals surface area contributed by atoms with Gasteiger partial charge in [0.15, 0.2) is 0 Å². The van der Waals surface area contributed by atoms with Gasteiger partial charge < -0.3 is 9.42 Å². The highest BCUT2D eigenvalue weighted by Crippen LogP contribution is 2.20. The van der Waals surface area contributed by atoms with E-state index in [1.54, 1.807) is 18.2 Å². The van der Waals surface area contributed by atoms with Gasteiger partial charge in [-0.15, -0.1) is 0 Å². The van der Waals surface area contributed by atoms with Gasteiger partial charge in [0.05, 0.1) is 6.54 Å². The molecule has 1 fully saturated rings. The van der Waals surface area contributed by atoms with E-state index in [0.717, 1.165) is 37.2 Å². The van der Waals surface area contributed by atoms with E-state index in [2.05, 4.69) is 15.0 Å². The smallest absolute Gasteiger partial charge is 0.253 e. The Bertz CT molecular complexity index is 1000. The Kier molecular flexibility index (Phi) is 5.92. The van der Waals surface area contributed by atoms with Crippen LogP contribution >= 0.6 is 11.6 Å². The third-order valence-electron chi connectivity index (χ3n) is 5.16. The molecule has 0 unspecified atom stereocenters. The Balaban J connectivity index is 1.38. The number of nitrogens with zero attached hydrogens (tertiary/aromatic N) is 4. The standard InChI is InChI=1S/C22H23ClN4O2/c1-16-6-2-3-9-19(16)21-24-20(29-25-21)15-26-10-5-11-27(13-12-26)22(28)17-7-4-8-18(23)14-17/h2-4,6-9,14H,5,10-13,15H2,1H3. The average Bonchev–Trinajstić information content (AvgIpc) is 3.05. The number of aryl methyl sites for hydroxylation is 1. The van der Waals surface area contributed by atoms with Crippen LogP contribution in [0.2, 0.25) is 5.02 Å². The van der Waals surface area contributed by atoms with Crippen LogP contribution in [0.3, 0.4) is 0 Å². The first kappa shape index (κ1) is 19.6. The van der Waals surface area contributed by atoms with Crippen molar-refractivity contribution in [3.05, 3.63) is 70.6 Å². The van der Waals surface area contributed by atoms with Crippen LogP contribution in [0.5, 0.6) is 0 Å². The molecular formula is C22H23ClN4O2. The molecule has 0 radical (unpaired) electrons. The van der Waals surface area contributed by atoms with Crippen molar-refractivity contribution in [2.45, 2.75) is 19.9 Å². The molecule has 2 heterocycles. The molecule has 6 nitrogen and oxygen atoms in total. The van der Waals surface area contributed by atoms with E-state index in [0.29, 0.717) is 35.4 Å². The van der Waals surface area contributed by atoms with E-state index >= 15 is 0 Å². The van der Waals surface area contributed by atoms with Gasteiger partial charge in [-0.25, -0.2) is 0 Å². The highest BCUT2D eigenvalue weighted by molar-refractivity contribution is 6.30. The SMILES string of the molecule is Cc1ccccc1-c1noc(CN2CCCN(C(=O)c3cccc(Cl)c3)CC2)n1. The Labute approximate surface area is 175 Å². The van der Waals surface area contributed by atoms with E-state index < -0.39 is 0 Å². The van der Waals surface area contributed by atoms with Crippen LogP contribution < -0.4 is 0 Å². The number of carbonyl (C=O) groups excluding carboxylic acids is 1. The minimum atomic E-state index is 0.0222. The topological polar surface area (TPSA) is 62.5 Å². The van der Waals surface area contributed by atoms with Gasteiger partial charge in [-0.1, -0.05) is 47.1 Å². The summed E-state index contributed by atoms with van der Waals surface area (Å²) < 4.78 is 5.48. The molecule has 0 saturated carbocycles. The normalized spacial score (nSPS) is 15.3. The largest absolute Gasteiger partial charge is 0.338 e. The molecule has 1 aliphatic heterocycles. The molecule has 1 saturated heterocycles. The molecular weight excluding hydrogens is 388 g/mol. The second-order valence-electron chi connectivity index (χ2n) is 7.26. The van der Waals surface area contributed by atoms with E-state index in [1.165, 1.54) is 0 Å². The van der Waals surface area contributed by atoms with Crippen LogP contribution in [0.1, 0.15) is 28.2 Å². The van der Waals surface area contributed by atoms with Gasteiger partial charge in [0.2, 0.25) is 11.7 Å². The van der Waals surface area contributed by atoms with E-state index in [1.807, 2.05) is 42.2 Å². The summed E-state index contributed by atoms with van der Waals surface area (Å²) in [6.07, 6.45) is 0.894. The fourth-order valence-electron chi connectivity index (χ4n) is 3.58. The van der Waals surface area contributed by atoms with Gasteiger partial charge >= 0.3 is 0 Å². The van der Waals surface area contributed by atoms with Gasteiger partial charge in [0.25, 0.3) is 5.91 Å². The highest BCUT2D eigenvalue weighted by Gasteiger charge is 2.22. The number of carbonyl (C=O) groups is 1. The number of halogens is 1. The lowest BCUT2D eigenvalue weighted by atomic mass is 10.1. The molecule has 150 valence electrons. The van der Waals surface area contributed by atoms with E-state index in [-0.39, 0.29) is 5.91 Å². The summed E-state index contributed by atoms with van der Waals surface area (Å²) in [5.41, 5.74) is 2.73. The Morgan fingerprint density at radius 2 is 1.97 bits per heavy atom. The second kappa shape index (κ2) is 8.76. The van der Waals surface area contributed by atoms with Gasteiger partial charge in [-0.2, -0.15) is 4.98 Å². The Hall–Kier alpha value is -2.70. The van der Waals surface area contributed by atoms with Crippen molar-refractivity contribution in [2.75, 3.05) is 26.2 Å². The highest BCUT2D eigenvalue weighted by atomic mass is 35.5. The number of hydrogen-bond acceptors (Lipinski definition) is 5. The molecule has 4 rings (SSSR count). The molecule has 2 aromatic carbocycles.